The minimum atomic E-state index is -0.0266. The van der Waals surface area contributed by atoms with Crippen molar-refractivity contribution in [3.05, 3.63) is 65.2 Å². The molecule has 1 aliphatic heterocycles. The van der Waals surface area contributed by atoms with Crippen LogP contribution in [0.4, 0.5) is 0 Å². The Bertz CT molecular complexity index is 614. The predicted molar refractivity (Wildman–Crippen MR) is 79.2 cm³/mol. The van der Waals surface area contributed by atoms with Gasteiger partial charge in [-0.2, -0.15) is 0 Å². The highest BCUT2D eigenvalue weighted by atomic mass is 16.5. The van der Waals surface area contributed by atoms with Crippen LogP contribution >= 0.6 is 0 Å². The molecule has 0 fully saturated rings. The van der Waals surface area contributed by atoms with Crippen LogP contribution in [0.25, 0.3) is 0 Å². The Kier molecular flexibility index (Phi) is 3.55. The van der Waals surface area contributed by atoms with E-state index >= 15 is 0 Å². The topological polar surface area (TPSA) is 26.3 Å². The number of carbonyl (C=O) groups is 1. The summed E-state index contributed by atoms with van der Waals surface area (Å²) in [6.07, 6.45) is 1.28. The first kappa shape index (κ1) is 12.9. The van der Waals surface area contributed by atoms with Gasteiger partial charge in [-0.05, 0) is 25.0 Å². The molecule has 0 saturated carbocycles. The number of hydrogen-bond donors (Lipinski definition) is 0. The molecule has 0 bridgehead atoms. The van der Waals surface area contributed by atoms with Gasteiger partial charge in [0, 0.05) is 17.9 Å². The maximum atomic E-state index is 12.6. The summed E-state index contributed by atoms with van der Waals surface area (Å²) in [6, 6.07) is 16.1. The van der Waals surface area contributed by atoms with E-state index in [1.54, 1.807) is 0 Å². The van der Waals surface area contributed by atoms with Gasteiger partial charge in [-0.3, -0.25) is 4.79 Å². The van der Waals surface area contributed by atoms with Gasteiger partial charge in [0.1, 0.15) is 11.5 Å². The van der Waals surface area contributed by atoms with Crippen molar-refractivity contribution in [3.8, 4) is 5.75 Å². The zero-order valence-corrected chi connectivity index (χ0v) is 11.6. The minimum Gasteiger partial charge on any atom is -0.493 e. The van der Waals surface area contributed by atoms with E-state index in [9.17, 15) is 4.79 Å². The lowest BCUT2D eigenvalue weighted by Gasteiger charge is -2.24. The van der Waals surface area contributed by atoms with Gasteiger partial charge >= 0.3 is 0 Å². The van der Waals surface area contributed by atoms with Crippen molar-refractivity contribution < 1.29 is 9.53 Å². The van der Waals surface area contributed by atoms with Crippen LogP contribution in [0, 0.1) is 6.92 Å². The average Bonchev–Trinajstić information content (AvgIpc) is 2.49. The lowest BCUT2D eigenvalue weighted by Crippen LogP contribution is -2.22. The van der Waals surface area contributed by atoms with Crippen molar-refractivity contribution >= 4 is 5.78 Å². The number of rotatable bonds is 3. The van der Waals surface area contributed by atoms with Gasteiger partial charge in [0.25, 0.3) is 0 Å². The number of para-hydroxylation sites is 1. The Morgan fingerprint density at radius 3 is 2.70 bits per heavy atom. The molecular formula is C18H18O2. The summed E-state index contributed by atoms with van der Waals surface area (Å²) >= 11 is 0. The molecule has 2 heteroatoms. The van der Waals surface area contributed by atoms with Gasteiger partial charge in [0.05, 0.1) is 6.61 Å². The van der Waals surface area contributed by atoms with Crippen LogP contribution in [0.1, 0.15) is 29.0 Å². The molecule has 2 aromatic carbocycles. The summed E-state index contributed by atoms with van der Waals surface area (Å²) in [7, 11) is 0. The third-order valence-corrected chi connectivity index (χ3v) is 3.85. The van der Waals surface area contributed by atoms with Crippen LogP contribution in [0.2, 0.25) is 0 Å². The fourth-order valence-electron chi connectivity index (χ4n) is 2.71. The van der Waals surface area contributed by atoms with Crippen LogP contribution < -0.4 is 4.74 Å². The number of ether oxygens (including phenoxy) is 1. The Labute approximate surface area is 119 Å². The number of Topliss-reactive ketones (excluding diaryl/α,β-unsaturated/α-hetero) is 1. The summed E-state index contributed by atoms with van der Waals surface area (Å²) in [6.45, 7) is 2.68. The maximum absolute atomic E-state index is 12.6. The van der Waals surface area contributed by atoms with Gasteiger partial charge in [0.15, 0.2) is 0 Å². The van der Waals surface area contributed by atoms with E-state index in [0.29, 0.717) is 13.0 Å². The first-order valence-corrected chi connectivity index (χ1v) is 7.04. The number of ketones is 1. The fraction of sp³-hybridized carbons (Fsp3) is 0.278. The lowest BCUT2D eigenvalue weighted by atomic mass is 9.87. The van der Waals surface area contributed by atoms with Gasteiger partial charge < -0.3 is 4.74 Å². The van der Waals surface area contributed by atoms with Crippen LogP contribution in [0.3, 0.4) is 0 Å². The predicted octanol–water partition coefficient (Wildman–Crippen LogP) is 3.67. The van der Waals surface area contributed by atoms with E-state index in [4.69, 9.17) is 4.74 Å². The molecule has 0 spiro atoms. The standard InChI is InChI=1S/C18H18O2/c1-13-6-8-14(9-7-13)12-17(19)15-10-11-20-18-5-3-2-4-16(15)18/h2-9,15H,10-12H2,1H3. The zero-order chi connectivity index (χ0) is 13.9. The molecule has 2 aromatic rings. The molecular weight excluding hydrogens is 248 g/mol. The maximum Gasteiger partial charge on any atom is 0.144 e. The molecule has 0 saturated heterocycles. The molecule has 0 radical (unpaired) electrons. The summed E-state index contributed by atoms with van der Waals surface area (Å²) in [5, 5.41) is 0. The second kappa shape index (κ2) is 5.49. The van der Waals surface area contributed by atoms with Crippen molar-refractivity contribution in [3.63, 3.8) is 0 Å². The molecule has 1 atom stereocenters. The quantitative estimate of drug-likeness (QED) is 0.847. The molecule has 1 unspecified atom stereocenters. The molecule has 2 nitrogen and oxygen atoms in total. The minimum absolute atomic E-state index is 0.0266. The largest absolute Gasteiger partial charge is 0.493 e. The second-order valence-corrected chi connectivity index (χ2v) is 5.36. The summed E-state index contributed by atoms with van der Waals surface area (Å²) in [4.78, 5) is 12.6. The third kappa shape index (κ3) is 2.60. The molecule has 0 N–H and O–H groups in total. The van der Waals surface area contributed by atoms with Crippen LogP contribution in [-0.2, 0) is 11.2 Å². The Hall–Kier alpha value is -2.09. The van der Waals surface area contributed by atoms with E-state index in [1.165, 1.54) is 5.56 Å². The SMILES string of the molecule is Cc1ccc(CC(=O)C2CCOc3ccccc32)cc1. The van der Waals surface area contributed by atoms with E-state index in [0.717, 1.165) is 23.3 Å². The van der Waals surface area contributed by atoms with Crippen molar-refractivity contribution in [1.82, 2.24) is 0 Å². The molecule has 0 aliphatic carbocycles. The summed E-state index contributed by atoms with van der Waals surface area (Å²) in [5.74, 6) is 1.12. The molecule has 0 aromatic heterocycles. The molecule has 20 heavy (non-hydrogen) atoms. The van der Waals surface area contributed by atoms with E-state index < -0.39 is 0 Å². The normalized spacial score (nSPS) is 17.1. The molecule has 1 aliphatic rings. The van der Waals surface area contributed by atoms with Crippen LogP contribution in [0.5, 0.6) is 5.75 Å². The monoisotopic (exact) mass is 266 g/mol. The van der Waals surface area contributed by atoms with Gasteiger partial charge in [-0.1, -0.05) is 48.0 Å². The molecule has 1 heterocycles. The molecule has 3 rings (SSSR count). The summed E-state index contributed by atoms with van der Waals surface area (Å²) in [5.41, 5.74) is 3.35. The molecule has 102 valence electrons. The average molecular weight is 266 g/mol. The molecule has 0 amide bonds. The van der Waals surface area contributed by atoms with Gasteiger partial charge in [-0.15, -0.1) is 0 Å². The second-order valence-electron chi connectivity index (χ2n) is 5.36. The number of carbonyl (C=O) groups excluding carboxylic acids is 1. The van der Waals surface area contributed by atoms with Crippen molar-refractivity contribution in [2.75, 3.05) is 6.61 Å². The van der Waals surface area contributed by atoms with E-state index in [-0.39, 0.29) is 11.7 Å². The number of fused-ring (bicyclic) bond motifs is 1. The zero-order valence-electron chi connectivity index (χ0n) is 11.6. The van der Waals surface area contributed by atoms with Crippen molar-refractivity contribution in [1.29, 1.82) is 0 Å². The third-order valence-electron chi connectivity index (χ3n) is 3.85. The van der Waals surface area contributed by atoms with Crippen molar-refractivity contribution in [2.24, 2.45) is 0 Å². The first-order chi connectivity index (χ1) is 9.74. The number of hydrogen-bond acceptors (Lipinski definition) is 2. The smallest absolute Gasteiger partial charge is 0.144 e. The lowest BCUT2D eigenvalue weighted by molar-refractivity contribution is -0.120. The number of benzene rings is 2. The fourth-order valence-corrected chi connectivity index (χ4v) is 2.71. The highest BCUT2D eigenvalue weighted by molar-refractivity contribution is 5.88. The Morgan fingerprint density at radius 2 is 1.90 bits per heavy atom. The number of aryl methyl sites for hydroxylation is 1. The van der Waals surface area contributed by atoms with Crippen molar-refractivity contribution in [2.45, 2.75) is 25.7 Å². The highest BCUT2D eigenvalue weighted by Gasteiger charge is 2.26. The van der Waals surface area contributed by atoms with E-state index in [1.807, 2.05) is 36.4 Å². The van der Waals surface area contributed by atoms with Gasteiger partial charge in [0.2, 0.25) is 0 Å². The summed E-state index contributed by atoms with van der Waals surface area (Å²) < 4.78 is 5.62. The Balaban J connectivity index is 1.80. The first-order valence-electron chi connectivity index (χ1n) is 7.04. The highest BCUT2D eigenvalue weighted by Crippen LogP contribution is 2.34. The van der Waals surface area contributed by atoms with E-state index in [2.05, 4.69) is 19.1 Å². The van der Waals surface area contributed by atoms with Crippen LogP contribution in [0.15, 0.2) is 48.5 Å². The van der Waals surface area contributed by atoms with Crippen LogP contribution in [-0.4, -0.2) is 12.4 Å². The Morgan fingerprint density at radius 1 is 1.15 bits per heavy atom. The van der Waals surface area contributed by atoms with Gasteiger partial charge in [-0.25, -0.2) is 0 Å².